The summed E-state index contributed by atoms with van der Waals surface area (Å²) in [4.78, 5) is 0. The average Bonchev–Trinajstić information content (AvgIpc) is 3.32. The van der Waals surface area contributed by atoms with E-state index in [1.54, 1.807) is 0 Å². The molecule has 1 aromatic heterocycles. The summed E-state index contributed by atoms with van der Waals surface area (Å²) in [6.07, 6.45) is 0.831. The molecular weight excluding hydrogens is 432 g/mol. The van der Waals surface area contributed by atoms with Crippen LogP contribution in [0.25, 0.3) is 39.2 Å². The maximum absolute atomic E-state index is 9.14. The largest absolute Gasteiger partial charge is 0.491 e. The van der Waals surface area contributed by atoms with Crippen molar-refractivity contribution >= 4 is 0 Å². The van der Waals surface area contributed by atoms with Crippen LogP contribution in [0.4, 0.5) is 0 Å². The summed E-state index contributed by atoms with van der Waals surface area (Å²) in [7, 11) is 0. The molecule has 4 nitrogen and oxygen atoms in total. The molecule has 0 aliphatic rings. The summed E-state index contributed by atoms with van der Waals surface area (Å²) in [5, 5.41) is 14.4. The van der Waals surface area contributed by atoms with Crippen LogP contribution in [0.15, 0.2) is 109 Å². The lowest BCUT2D eigenvalue weighted by Gasteiger charge is -2.14. The van der Waals surface area contributed by atoms with Crippen LogP contribution in [-0.4, -0.2) is 28.1 Å². The van der Waals surface area contributed by atoms with Crippen LogP contribution in [0.1, 0.15) is 12.6 Å². The molecule has 5 aromatic rings. The fraction of sp³-hybridized carbons (Fsp3) is 0.129. The molecule has 0 aliphatic heterocycles. The van der Waals surface area contributed by atoms with Crippen LogP contribution >= 0.6 is 0 Å². The number of aliphatic hydroxyl groups is 1. The van der Waals surface area contributed by atoms with Gasteiger partial charge in [-0.3, -0.25) is 0 Å². The fourth-order valence-corrected chi connectivity index (χ4v) is 4.50. The number of aliphatic hydroxyl groups excluding tert-OH is 1. The van der Waals surface area contributed by atoms with Crippen LogP contribution in [0.2, 0.25) is 0 Å². The van der Waals surface area contributed by atoms with Gasteiger partial charge in [-0.1, -0.05) is 97.9 Å². The van der Waals surface area contributed by atoms with Crippen molar-refractivity contribution in [1.82, 2.24) is 9.78 Å². The number of ether oxygens (including phenoxy) is 1. The van der Waals surface area contributed by atoms with Gasteiger partial charge in [-0.15, -0.1) is 0 Å². The molecule has 0 unspecified atom stereocenters. The minimum Gasteiger partial charge on any atom is -0.491 e. The van der Waals surface area contributed by atoms with E-state index in [2.05, 4.69) is 84.4 Å². The predicted octanol–water partition coefficient (Wildman–Crippen LogP) is 6.81. The first-order valence-corrected chi connectivity index (χ1v) is 12.0. The summed E-state index contributed by atoms with van der Waals surface area (Å²) in [5.74, 6) is 0.734. The molecule has 1 N–H and O–H groups in total. The van der Waals surface area contributed by atoms with Crippen LogP contribution in [0.5, 0.6) is 5.75 Å². The molecule has 5 rings (SSSR count). The Kier molecular flexibility index (Phi) is 6.73. The lowest BCUT2D eigenvalue weighted by Crippen LogP contribution is -2.04. The van der Waals surface area contributed by atoms with Gasteiger partial charge in [-0.2, -0.15) is 5.10 Å². The maximum atomic E-state index is 9.14. The van der Waals surface area contributed by atoms with E-state index in [0.29, 0.717) is 0 Å². The molecule has 0 aliphatic carbocycles. The van der Waals surface area contributed by atoms with E-state index in [1.807, 2.05) is 36.4 Å². The summed E-state index contributed by atoms with van der Waals surface area (Å²) in [6, 6.07) is 37.2. The van der Waals surface area contributed by atoms with E-state index in [4.69, 9.17) is 14.9 Å². The van der Waals surface area contributed by atoms with Crippen LogP contribution < -0.4 is 4.74 Å². The van der Waals surface area contributed by atoms with Gasteiger partial charge >= 0.3 is 0 Å². The molecule has 0 saturated carbocycles. The van der Waals surface area contributed by atoms with Gasteiger partial charge in [0.1, 0.15) is 18.1 Å². The number of para-hydroxylation sites is 1. The molecule has 174 valence electrons. The molecule has 0 radical (unpaired) electrons. The molecule has 0 atom stereocenters. The van der Waals surface area contributed by atoms with Crippen molar-refractivity contribution in [2.45, 2.75) is 13.3 Å². The number of benzene rings is 4. The Hall–Kier alpha value is -4.15. The van der Waals surface area contributed by atoms with Gasteiger partial charge in [-0.05, 0) is 35.7 Å². The zero-order valence-corrected chi connectivity index (χ0v) is 19.8. The molecule has 0 amide bonds. The summed E-state index contributed by atoms with van der Waals surface area (Å²) in [6.45, 7) is 2.43. The fourth-order valence-electron chi connectivity index (χ4n) is 4.50. The summed E-state index contributed by atoms with van der Waals surface area (Å²) in [5.41, 5.74) is 8.67. The Labute approximate surface area is 206 Å². The zero-order chi connectivity index (χ0) is 24.0. The quantitative estimate of drug-likeness (QED) is 0.277. The smallest absolute Gasteiger partial charge is 0.120 e. The highest BCUT2D eigenvalue weighted by molar-refractivity contribution is 5.84. The molecular formula is C31H28N2O2. The van der Waals surface area contributed by atoms with E-state index >= 15 is 0 Å². The van der Waals surface area contributed by atoms with Crippen molar-refractivity contribution in [2.75, 3.05) is 13.2 Å². The van der Waals surface area contributed by atoms with Gasteiger partial charge in [0.25, 0.3) is 0 Å². The lowest BCUT2D eigenvalue weighted by atomic mass is 9.97. The van der Waals surface area contributed by atoms with Crippen molar-refractivity contribution in [3.63, 3.8) is 0 Å². The third kappa shape index (κ3) is 4.61. The van der Waals surface area contributed by atoms with Crippen LogP contribution in [-0.2, 0) is 6.42 Å². The molecule has 4 heteroatoms. The van der Waals surface area contributed by atoms with Gasteiger partial charge in [0.2, 0.25) is 0 Å². The molecule has 1 heterocycles. The summed E-state index contributed by atoms with van der Waals surface area (Å²) >= 11 is 0. The number of nitrogens with zero attached hydrogens (tertiary/aromatic N) is 2. The number of hydrogen-bond acceptors (Lipinski definition) is 3. The minimum atomic E-state index is -0.0154. The second kappa shape index (κ2) is 10.4. The van der Waals surface area contributed by atoms with E-state index < -0.39 is 0 Å². The van der Waals surface area contributed by atoms with Crippen molar-refractivity contribution in [3.8, 4) is 44.9 Å². The van der Waals surface area contributed by atoms with Crippen LogP contribution in [0.3, 0.4) is 0 Å². The highest BCUT2D eigenvalue weighted by Gasteiger charge is 2.22. The predicted molar refractivity (Wildman–Crippen MR) is 142 cm³/mol. The Morgan fingerprint density at radius 3 is 2.11 bits per heavy atom. The van der Waals surface area contributed by atoms with Crippen molar-refractivity contribution in [3.05, 3.63) is 115 Å². The maximum Gasteiger partial charge on any atom is 0.120 e. The lowest BCUT2D eigenvalue weighted by molar-refractivity contribution is 0.201. The van der Waals surface area contributed by atoms with Gasteiger partial charge in [0.15, 0.2) is 0 Å². The number of rotatable bonds is 8. The molecule has 4 aromatic carbocycles. The van der Waals surface area contributed by atoms with Gasteiger partial charge in [0, 0.05) is 16.7 Å². The molecule has 0 fully saturated rings. The highest BCUT2D eigenvalue weighted by atomic mass is 16.5. The number of hydrogen-bond donors (Lipinski definition) is 1. The van der Waals surface area contributed by atoms with E-state index in [-0.39, 0.29) is 13.2 Å². The molecule has 0 spiro atoms. The Morgan fingerprint density at radius 1 is 0.743 bits per heavy atom. The second-order valence-electron chi connectivity index (χ2n) is 8.28. The minimum absolute atomic E-state index is 0.0154. The molecule has 0 saturated heterocycles. The molecule has 0 bridgehead atoms. The van der Waals surface area contributed by atoms with Crippen molar-refractivity contribution < 1.29 is 9.84 Å². The number of aromatic nitrogens is 2. The second-order valence-corrected chi connectivity index (χ2v) is 8.28. The van der Waals surface area contributed by atoms with Gasteiger partial charge in [0.05, 0.1) is 18.0 Å². The first kappa shape index (κ1) is 22.6. The third-order valence-corrected chi connectivity index (χ3v) is 6.06. The topological polar surface area (TPSA) is 47.3 Å². The SMILES string of the molecule is CCc1c(-c2ccccc2)c(-c2ccccc2)nn1-c1ccccc1-c1cccc(OCCO)c1. The van der Waals surface area contributed by atoms with Gasteiger partial charge < -0.3 is 9.84 Å². The van der Waals surface area contributed by atoms with Crippen molar-refractivity contribution in [2.24, 2.45) is 0 Å². The van der Waals surface area contributed by atoms with E-state index in [9.17, 15) is 0 Å². The monoisotopic (exact) mass is 460 g/mol. The zero-order valence-electron chi connectivity index (χ0n) is 19.8. The highest BCUT2D eigenvalue weighted by Crippen LogP contribution is 2.38. The van der Waals surface area contributed by atoms with Crippen LogP contribution in [0, 0.1) is 0 Å². The van der Waals surface area contributed by atoms with E-state index in [1.165, 1.54) is 0 Å². The Balaban J connectivity index is 1.72. The summed E-state index contributed by atoms with van der Waals surface area (Å²) < 4.78 is 7.77. The average molecular weight is 461 g/mol. The van der Waals surface area contributed by atoms with Crippen molar-refractivity contribution in [1.29, 1.82) is 0 Å². The standard InChI is InChI=1S/C31H28N2O2/c1-2-28-30(23-12-5-3-6-13-23)31(24-14-7-4-8-15-24)32-33(28)29-19-10-9-18-27(29)25-16-11-17-26(22-25)35-21-20-34/h3-19,22,34H,2,20-21H2,1H3. The third-order valence-electron chi connectivity index (χ3n) is 6.06. The Morgan fingerprint density at radius 2 is 1.40 bits per heavy atom. The van der Waals surface area contributed by atoms with Gasteiger partial charge in [-0.25, -0.2) is 4.68 Å². The first-order chi connectivity index (χ1) is 17.3. The first-order valence-electron chi connectivity index (χ1n) is 12.0. The molecule has 35 heavy (non-hydrogen) atoms. The Bertz CT molecular complexity index is 1410. The van der Waals surface area contributed by atoms with E-state index in [0.717, 1.165) is 57.1 Å². The normalized spacial score (nSPS) is 10.9.